The first kappa shape index (κ1) is 8.97. The quantitative estimate of drug-likeness (QED) is 0.609. The van der Waals surface area contributed by atoms with E-state index in [9.17, 15) is 0 Å². The maximum Gasteiger partial charge on any atom is 0.0598 e. The Hall–Kier alpha value is -0.120. The molecular weight excluding hydrogens is 140 g/mol. The Labute approximate surface area is 68.4 Å². The van der Waals surface area contributed by atoms with Gasteiger partial charge in [0.05, 0.1) is 6.61 Å². The topological polar surface area (TPSA) is 35.5 Å². The SMILES string of the molecule is CC(CO)N1CCCCCN1. The highest BCUT2D eigenvalue weighted by molar-refractivity contribution is 4.65. The fraction of sp³-hybridized carbons (Fsp3) is 1.00. The number of nitrogens with zero attached hydrogens (tertiary/aromatic N) is 1. The van der Waals surface area contributed by atoms with Crippen molar-refractivity contribution in [3.05, 3.63) is 0 Å². The van der Waals surface area contributed by atoms with Gasteiger partial charge in [-0.05, 0) is 19.8 Å². The van der Waals surface area contributed by atoms with E-state index in [1.54, 1.807) is 0 Å². The van der Waals surface area contributed by atoms with Gasteiger partial charge in [0.2, 0.25) is 0 Å². The van der Waals surface area contributed by atoms with Crippen molar-refractivity contribution < 1.29 is 5.11 Å². The molecule has 1 aliphatic heterocycles. The van der Waals surface area contributed by atoms with Crippen LogP contribution in [0.25, 0.3) is 0 Å². The van der Waals surface area contributed by atoms with Crippen molar-refractivity contribution in [1.29, 1.82) is 0 Å². The molecular formula is C8H18N2O. The van der Waals surface area contributed by atoms with Crippen molar-refractivity contribution >= 4 is 0 Å². The summed E-state index contributed by atoms with van der Waals surface area (Å²) in [6.45, 7) is 4.41. The molecule has 3 nitrogen and oxygen atoms in total. The lowest BCUT2D eigenvalue weighted by Crippen LogP contribution is -2.45. The first-order valence-corrected chi connectivity index (χ1v) is 4.45. The highest BCUT2D eigenvalue weighted by Crippen LogP contribution is 2.04. The van der Waals surface area contributed by atoms with Crippen LogP contribution in [0.1, 0.15) is 26.2 Å². The van der Waals surface area contributed by atoms with Crippen LogP contribution in [0.5, 0.6) is 0 Å². The molecule has 0 radical (unpaired) electrons. The van der Waals surface area contributed by atoms with E-state index in [1.807, 2.05) is 6.92 Å². The molecule has 0 spiro atoms. The number of hydrogen-bond donors (Lipinski definition) is 2. The number of rotatable bonds is 2. The Morgan fingerprint density at radius 3 is 3.00 bits per heavy atom. The summed E-state index contributed by atoms with van der Waals surface area (Å²) in [5, 5.41) is 11.0. The molecule has 2 N–H and O–H groups in total. The first-order chi connectivity index (χ1) is 5.34. The summed E-state index contributed by atoms with van der Waals surface area (Å²) in [5.74, 6) is 0. The third-order valence-corrected chi connectivity index (χ3v) is 2.19. The lowest BCUT2D eigenvalue weighted by Gasteiger charge is -2.26. The fourth-order valence-corrected chi connectivity index (χ4v) is 1.36. The third kappa shape index (κ3) is 2.77. The average Bonchev–Trinajstić information content (AvgIpc) is 2.30. The van der Waals surface area contributed by atoms with Gasteiger partial charge in [0.1, 0.15) is 0 Å². The van der Waals surface area contributed by atoms with Gasteiger partial charge in [-0.25, -0.2) is 5.01 Å². The predicted molar refractivity (Wildman–Crippen MR) is 45.1 cm³/mol. The fourth-order valence-electron chi connectivity index (χ4n) is 1.36. The van der Waals surface area contributed by atoms with E-state index in [2.05, 4.69) is 10.4 Å². The molecule has 66 valence electrons. The monoisotopic (exact) mass is 158 g/mol. The molecule has 3 heteroatoms. The van der Waals surface area contributed by atoms with E-state index in [-0.39, 0.29) is 12.6 Å². The second-order valence-corrected chi connectivity index (χ2v) is 3.19. The van der Waals surface area contributed by atoms with Crippen LogP contribution in [0.4, 0.5) is 0 Å². The molecule has 1 saturated heterocycles. The van der Waals surface area contributed by atoms with Crippen LogP contribution in [0.3, 0.4) is 0 Å². The first-order valence-electron chi connectivity index (χ1n) is 4.45. The lowest BCUT2D eigenvalue weighted by molar-refractivity contribution is 0.0923. The molecule has 1 unspecified atom stereocenters. The Bertz CT molecular complexity index is 100. The molecule has 1 heterocycles. The molecule has 1 fully saturated rings. The standard InChI is InChI=1S/C8H18N2O/c1-8(7-11)10-6-4-2-3-5-9-10/h8-9,11H,2-7H2,1H3. The van der Waals surface area contributed by atoms with Crippen LogP contribution < -0.4 is 5.43 Å². The van der Waals surface area contributed by atoms with Gasteiger partial charge in [0.25, 0.3) is 0 Å². The number of aliphatic hydroxyl groups is 1. The van der Waals surface area contributed by atoms with Gasteiger partial charge in [-0.15, -0.1) is 0 Å². The van der Waals surface area contributed by atoms with Crippen LogP contribution >= 0.6 is 0 Å². The Morgan fingerprint density at radius 2 is 2.27 bits per heavy atom. The highest BCUT2D eigenvalue weighted by Gasteiger charge is 2.13. The Morgan fingerprint density at radius 1 is 1.45 bits per heavy atom. The van der Waals surface area contributed by atoms with Crippen molar-refractivity contribution in [2.45, 2.75) is 32.2 Å². The van der Waals surface area contributed by atoms with Crippen LogP contribution in [0.2, 0.25) is 0 Å². The molecule has 1 atom stereocenters. The zero-order valence-electron chi connectivity index (χ0n) is 7.21. The smallest absolute Gasteiger partial charge is 0.0598 e. The average molecular weight is 158 g/mol. The number of nitrogens with one attached hydrogen (secondary N) is 1. The van der Waals surface area contributed by atoms with Gasteiger partial charge in [-0.2, -0.15) is 0 Å². The number of aliphatic hydroxyl groups excluding tert-OH is 1. The second-order valence-electron chi connectivity index (χ2n) is 3.19. The maximum atomic E-state index is 8.90. The zero-order valence-corrected chi connectivity index (χ0v) is 7.21. The minimum Gasteiger partial charge on any atom is -0.395 e. The molecule has 0 aromatic carbocycles. The van der Waals surface area contributed by atoms with E-state index in [4.69, 9.17) is 5.11 Å². The van der Waals surface area contributed by atoms with Crippen molar-refractivity contribution in [2.24, 2.45) is 0 Å². The van der Waals surface area contributed by atoms with Crippen molar-refractivity contribution in [1.82, 2.24) is 10.4 Å². The van der Waals surface area contributed by atoms with E-state index < -0.39 is 0 Å². The summed E-state index contributed by atoms with van der Waals surface area (Å²) in [6.07, 6.45) is 3.81. The largest absolute Gasteiger partial charge is 0.395 e. The number of hydrogen-bond acceptors (Lipinski definition) is 3. The summed E-state index contributed by atoms with van der Waals surface area (Å²) in [4.78, 5) is 0. The zero-order chi connectivity index (χ0) is 8.10. The molecule has 11 heavy (non-hydrogen) atoms. The van der Waals surface area contributed by atoms with Crippen LogP contribution in [-0.4, -0.2) is 35.9 Å². The molecule has 0 aromatic rings. The van der Waals surface area contributed by atoms with Crippen LogP contribution in [0.15, 0.2) is 0 Å². The molecule has 0 aliphatic carbocycles. The van der Waals surface area contributed by atoms with Gasteiger partial charge >= 0.3 is 0 Å². The van der Waals surface area contributed by atoms with Crippen molar-refractivity contribution in [2.75, 3.05) is 19.7 Å². The van der Waals surface area contributed by atoms with E-state index in [0.717, 1.165) is 13.1 Å². The molecule has 1 aliphatic rings. The maximum absolute atomic E-state index is 8.90. The molecule has 0 amide bonds. The van der Waals surface area contributed by atoms with Gasteiger partial charge < -0.3 is 5.11 Å². The summed E-state index contributed by atoms with van der Waals surface area (Å²) < 4.78 is 0. The summed E-state index contributed by atoms with van der Waals surface area (Å²) in [6, 6.07) is 0.257. The summed E-state index contributed by atoms with van der Waals surface area (Å²) in [5.41, 5.74) is 3.31. The predicted octanol–water partition coefficient (Wildman–Crippen LogP) is 0.358. The van der Waals surface area contributed by atoms with Gasteiger partial charge in [-0.1, -0.05) is 6.42 Å². The molecule has 1 rings (SSSR count). The third-order valence-electron chi connectivity index (χ3n) is 2.19. The van der Waals surface area contributed by atoms with Gasteiger partial charge in [-0.3, -0.25) is 5.43 Å². The van der Waals surface area contributed by atoms with Crippen molar-refractivity contribution in [3.63, 3.8) is 0 Å². The number of hydrazine groups is 1. The Kier molecular flexibility index (Phi) is 3.83. The van der Waals surface area contributed by atoms with Crippen LogP contribution in [-0.2, 0) is 0 Å². The molecule has 0 saturated carbocycles. The normalized spacial score (nSPS) is 24.5. The van der Waals surface area contributed by atoms with E-state index >= 15 is 0 Å². The molecule has 0 bridgehead atoms. The Balaban J connectivity index is 2.30. The van der Waals surface area contributed by atoms with Crippen LogP contribution in [0, 0.1) is 0 Å². The van der Waals surface area contributed by atoms with Crippen molar-refractivity contribution in [3.8, 4) is 0 Å². The van der Waals surface area contributed by atoms with Gasteiger partial charge in [0.15, 0.2) is 0 Å². The minimum atomic E-state index is 0.243. The van der Waals surface area contributed by atoms with Gasteiger partial charge in [0, 0.05) is 19.1 Å². The summed E-state index contributed by atoms with van der Waals surface area (Å²) in [7, 11) is 0. The lowest BCUT2D eigenvalue weighted by atomic mass is 10.2. The summed E-state index contributed by atoms with van der Waals surface area (Å²) >= 11 is 0. The second kappa shape index (κ2) is 4.70. The van der Waals surface area contributed by atoms with E-state index in [0.29, 0.717) is 0 Å². The minimum absolute atomic E-state index is 0.243. The van der Waals surface area contributed by atoms with E-state index in [1.165, 1.54) is 19.3 Å². The molecule has 0 aromatic heterocycles. The highest BCUT2D eigenvalue weighted by atomic mass is 16.3.